The van der Waals surface area contributed by atoms with Gasteiger partial charge < -0.3 is 5.32 Å². The number of benzene rings is 1. The molecule has 1 aromatic carbocycles. The number of halogens is 3. The van der Waals surface area contributed by atoms with E-state index in [0.29, 0.717) is 17.9 Å². The number of rotatable bonds is 4. The third-order valence-corrected chi connectivity index (χ3v) is 3.77. The van der Waals surface area contributed by atoms with Crippen molar-refractivity contribution in [3.05, 3.63) is 29.6 Å². The molecule has 2 nitrogen and oxygen atoms in total. The van der Waals surface area contributed by atoms with E-state index in [2.05, 4.69) is 17.9 Å². The van der Waals surface area contributed by atoms with E-state index in [1.165, 1.54) is 0 Å². The number of carbonyl (C=O) groups excluding carboxylic acids is 1. The van der Waals surface area contributed by atoms with E-state index in [4.69, 9.17) is 0 Å². The van der Waals surface area contributed by atoms with Crippen LogP contribution < -0.4 is 5.32 Å². The van der Waals surface area contributed by atoms with Gasteiger partial charge in [0.15, 0.2) is 11.6 Å². The second-order valence-corrected chi connectivity index (χ2v) is 4.94. The average Bonchev–Trinajstić information content (AvgIpc) is 3.04. The third-order valence-electron chi connectivity index (χ3n) is 3.10. The van der Waals surface area contributed by atoms with E-state index in [1.54, 1.807) is 0 Å². The first-order chi connectivity index (χ1) is 8.46. The fraction of sp³-hybridized carbons (Fsp3) is 0.417. The molecule has 2 rings (SSSR count). The molecule has 0 atom stereocenters. The summed E-state index contributed by atoms with van der Waals surface area (Å²) in [6.07, 6.45) is 1.95. The van der Waals surface area contributed by atoms with Gasteiger partial charge in [0.25, 0.3) is 0 Å². The summed E-state index contributed by atoms with van der Waals surface area (Å²) in [5.74, 6) is -3.16. The van der Waals surface area contributed by atoms with Gasteiger partial charge >= 0.3 is 0 Å². The van der Waals surface area contributed by atoms with Gasteiger partial charge in [-0.2, -0.15) is 12.6 Å². The number of nitrogens with one attached hydrogen (secondary N) is 1. The normalized spacial score (nSPS) is 16.4. The van der Waals surface area contributed by atoms with E-state index >= 15 is 0 Å². The molecule has 1 aliphatic carbocycles. The molecule has 0 bridgehead atoms. The monoisotopic (exact) mass is 275 g/mol. The second kappa shape index (κ2) is 4.84. The van der Waals surface area contributed by atoms with Crippen molar-refractivity contribution in [2.24, 2.45) is 5.41 Å². The van der Waals surface area contributed by atoms with Gasteiger partial charge in [0, 0.05) is 18.6 Å². The molecule has 1 amide bonds. The lowest BCUT2D eigenvalue weighted by atomic mass is 10.1. The molecule has 1 aliphatic rings. The van der Waals surface area contributed by atoms with E-state index in [0.717, 1.165) is 12.8 Å². The SMILES string of the molecule is O=C(CC1(CS)CC1)Nc1c(F)cc(F)cc1F. The zero-order chi connectivity index (χ0) is 13.3. The van der Waals surface area contributed by atoms with Crippen LogP contribution in [0.15, 0.2) is 12.1 Å². The number of hydrogen-bond donors (Lipinski definition) is 2. The first-order valence-electron chi connectivity index (χ1n) is 5.51. The van der Waals surface area contributed by atoms with Gasteiger partial charge in [0.1, 0.15) is 11.5 Å². The van der Waals surface area contributed by atoms with E-state index in [-0.39, 0.29) is 11.8 Å². The smallest absolute Gasteiger partial charge is 0.225 e. The van der Waals surface area contributed by atoms with Crippen molar-refractivity contribution in [1.29, 1.82) is 0 Å². The molecule has 18 heavy (non-hydrogen) atoms. The molecular formula is C12H12F3NOS. The first-order valence-corrected chi connectivity index (χ1v) is 6.14. The summed E-state index contributed by atoms with van der Waals surface area (Å²) in [5, 5.41) is 2.15. The lowest BCUT2D eigenvalue weighted by molar-refractivity contribution is -0.117. The van der Waals surface area contributed by atoms with Crippen molar-refractivity contribution in [1.82, 2.24) is 0 Å². The average molecular weight is 275 g/mol. The topological polar surface area (TPSA) is 29.1 Å². The Hall–Kier alpha value is -1.17. The molecule has 1 N–H and O–H groups in total. The molecule has 6 heteroatoms. The lowest BCUT2D eigenvalue weighted by Crippen LogP contribution is -2.19. The zero-order valence-electron chi connectivity index (χ0n) is 9.47. The fourth-order valence-corrected chi connectivity index (χ4v) is 2.18. The van der Waals surface area contributed by atoms with Crippen LogP contribution in [-0.4, -0.2) is 11.7 Å². The standard InChI is InChI=1S/C12H12F3NOS/c13-7-3-8(14)11(9(15)4-7)16-10(17)5-12(6-18)1-2-12/h3-4,18H,1-2,5-6H2,(H,16,17). The van der Waals surface area contributed by atoms with Gasteiger partial charge in [0.2, 0.25) is 5.91 Å². The van der Waals surface area contributed by atoms with Gasteiger partial charge in [-0.15, -0.1) is 0 Å². The number of anilines is 1. The quantitative estimate of drug-likeness (QED) is 0.812. The Balaban J connectivity index is 2.07. The number of thiol groups is 1. The number of hydrogen-bond acceptors (Lipinski definition) is 2. The maximum absolute atomic E-state index is 13.3. The summed E-state index contributed by atoms with van der Waals surface area (Å²) in [6.45, 7) is 0. The van der Waals surface area contributed by atoms with Crippen LogP contribution in [0.3, 0.4) is 0 Å². The van der Waals surface area contributed by atoms with Crippen molar-refractivity contribution in [2.45, 2.75) is 19.3 Å². The summed E-state index contributed by atoms with van der Waals surface area (Å²) in [6, 6.07) is 1.06. The van der Waals surface area contributed by atoms with Crippen molar-refractivity contribution < 1.29 is 18.0 Å². The van der Waals surface area contributed by atoms with Crippen LogP contribution >= 0.6 is 12.6 Å². The summed E-state index contributed by atoms with van der Waals surface area (Å²) >= 11 is 4.14. The second-order valence-electron chi connectivity index (χ2n) is 4.63. The van der Waals surface area contributed by atoms with Crippen LogP contribution in [0.25, 0.3) is 0 Å². The molecule has 0 aromatic heterocycles. The summed E-state index contributed by atoms with van der Waals surface area (Å²) in [5.41, 5.74) is -0.739. The molecule has 98 valence electrons. The molecule has 0 spiro atoms. The Kier molecular flexibility index (Phi) is 3.56. The van der Waals surface area contributed by atoms with Crippen LogP contribution in [0.5, 0.6) is 0 Å². The number of carbonyl (C=O) groups is 1. The van der Waals surface area contributed by atoms with Crippen molar-refractivity contribution in [2.75, 3.05) is 11.1 Å². The van der Waals surface area contributed by atoms with Crippen LogP contribution in [-0.2, 0) is 4.79 Å². The highest BCUT2D eigenvalue weighted by Gasteiger charge is 2.43. The molecule has 0 saturated heterocycles. The maximum Gasteiger partial charge on any atom is 0.225 e. The van der Waals surface area contributed by atoms with Gasteiger partial charge in [-0.3, -0.25) is 4.79 Å². The van der Waals surface area contributed by atoms with Crippen molar-refractivity contribution >= 4 is 24.2 Å². The molecule has 1 aromatic rings. The highest BCUT2D eigenvalue weighted by molar-refractivity contribution is 7.80. The predicted octanol–water partition coefficient (Wildman–Crippen LogP) is 3.14. The largest absolute Gasteiger partial charge is 0.321 e. The van der Waals surface area contributed by atoms with Crippen LogP contribution in [0.4, 0.5) is 18.9 Å². The van der Waals surface area contributed by atoms with Gasteiger partial charge in [-0.05, 0) is 24.0 Å². The summed E-state index contributed by atoms with van der Waals surface area (Å²) in [4.78, 5) is 11.6. The minimum atomic E-state index is -1.11. The van der Waals surface area contributed by atoms with Crippen molar-refractivity contribution in [3.63, 3.8) is 0 Å². The molecule has 0 unspecified atom stereocenters. The highest BCUT2D eigenvalue weighted by Crippen LogP contribution is 2.49. The third kappa shape index (κ3) is 2.80. The van der Waals surface area contributed by atoms with Crippen LogP contribution in [0.2, 0.25) is 0 Å². The van der Waals surface area contributed by atoms with Crippen LogP contribution in [0.1, 0.15) is 19.3 Å². The van der Waals surface area contributed by atoms with Crippen molar-refractivity contribution in [3.8, 4) is 0 Å². The Morgan fingerprint density at radius 1 is 1.28 bits per heavy atom. The Morgan fingerprint density at radius 2 is 1.83 bits per heavy atom. The lowest BCUT2D eigenvalue weighted by Gasteiger charge is -2.12. The number of amides is 1. The molecule has 0 radical (unpaired) electrons. The van der Waals surface area contributed by atoms with E-state index in [9.17, 15) is 18.0 Å². The minimum absolute atomic E-state index is 0.139. The molecule has 1 saturated carbocycles. The maximum atomic E-state index is 13.3. The summed E-state index contributed by atoms with van der Waals surface area (Å²) in [7, 11) is 0. The van der Waals surface area contributed by atoms with E-state index in [1.807, 2.05) is 0 Å². The molecular weight excluding hydrogens is 263 g/mol. The molecule has 0 heterocycles. The van der Waals surface area contributed by atoms with Gasteiger partial charge in [-0.25, -0.2) is 13.2 Å². The van der Waals surface area contributed by atoms with Gasteiger partial charge in [0.05, 0.1) is 0 Å². The molecule has 0 aliphatic heterocycles. The van der Waals surface area contributed by atoms with Gasteiger partial charge in [-0.1, -0.05) is 0 Å². The Bertz CT molecular complexity index is 465. The minimum Gasteiger partial charge on any atom is -0.321 e. The Morgan fingerprint density at radius 3 is 2.28 bits per heavy atom. The summed E-state index contributed by atoms with van der Waals surface area (Å²) < 4.78 is 39.3. The highest BCUT2D eigenvalue weighted by atomic mass is 32.1. The first kappa shape index (κ1) is 13.3. The molecule has 1 fully saturated rings. The Labute approximate surface area is 108 Å². The predicted molar refractivity (Wildman–Crippen MR) is 65.1 cm³/mol. The fourth-order valence-electron chi connectivity index (χ4n) is 1.75. The zero-order valence-corrected chi connectivity index (χ0v) is 10.4. The van der Waals surface area contributed by atoms with E-state index < -0.39 is 29.0 Å². The van der Waals surface area contributed by atoms with Crippen LogP contribution in [0, 0.1) is 22.9 Å².